The fourth-order valence-corrected chi connectivity index (χ4v) is 2.69. The third kappa shape index (κ3) is 3.15. The first-order valence-corrected chi connectivity index (χ1v) is 7.12. The third-order valence-electron chi connectivity index (χ3n) is 3.88. The van der Waals surface area contributed by atoms with Crippen molar-refractivity contribution in [1.29, 1.82) is 0 Å². The lowest BCUT2D eigenvalue weighted by Crippen LogP contribution is -2.50. The standard InChI is InChI=1S/C14H24N4O/c1-4-6-16-12-5-7-18(9-11(12)2)14(19)13-8-15-10-17(13)3/h8,10-12,16H,4-7,9H2,1-3H3. The highest BCUT2D eigenvalue weighted by Crippen LogP contribution is 2.18. The second kappa shape index (κ2) is 6.19. The van der Waals surface area contributed by atoms with Crippen molar-refractivity contribution in [2.24, 2.45) is 13.0 Å². The van der Waals surface area contributed by atoms with E-state index in [1.807, 2.05) is 11.9 Å². The molecular weight excluding hydrogens is 240 g/mol. The van der Waals surface area contributed by atoms with Gasteiger partial charge in [0.2, 0.25) is 0 Å². The van der Waals surface area contributed by atoms with Gasteiger partial charge in [-0.3, -0.25) is 4.79 Å². The Kier molecular flexibility index (Phi) is 4.58. The normalized spacial score (nSPS) is 23.6. The van der Waals surface area contributed by atoms with Crippen LogP contribution in [0.4, 0.5) is 0 Å². The molecule has 5 nitrogen and oxygen atoms in total. The van der Waals surface area contributed by atoms with Crippen LogP contribution in [-0.4, -0.2) is 46.0 Å². The summed E-state index contributed by atoms with van der Waals surface area (Å²) in [6.45, 7) is 7.11. The molecule has 0 spiro atoms. The second-order valence-corrected chi connectivity index (χ2v) is 5.47. The summed E-state index contributed by atoms with van der Waals surface area (Å²) in [5.74, 6) is 0.596. The van der Waals surface area contributed by atoms with Gasteiger partial charge >= 0.3 is 0 Å². The maximum absolute atomic E-state index is 12.4. The van der Waals surface area contributed by atoms with E-state index in [1.165, 1.54) is 0 Å². The Bertz CT molecular complexity index is 429. The summed E-state index contributed by atoms with van der Waals surface area (Å²) in [5.41, 5.74) is 0.673. The number of aromatic nitrogens is 2. The first kappa shape index (κ1) is 14.1. The fraction of sp³-hybridized carbons (Fsp3) is 0.714. The molecule has 1 fully saturated rings. The minimum atomic E-state index is 0.0980. The van der Waals surface area contributed by atoms with E-state index >= 15 is 0 Å². The van der Waals surface area contributed by atoms with Gasteiger partial charge in [0, 0.05) is 26.2 Å². The Hall–Kier alpha value is -1.36. The van der Waals surface area contributed by atoms with Gasteiger partial charge in [0.1, 0.15) is 5.69 Å². The Morgan fingerprint density at radius 2 is 2.37 bits per heavy atom. The molecule has 1 N–H and O–H groups in total. The Morgan fingerprint density at radius 1 is 1.58 bits per heavy atom. The Balaban J connectivity index is 1.95. The average Bonchev–Trinajstić information content (AvgIpc) is 2.82. The maximum Gasteiger partial charge on any atom is 0.272 e. The number of hydrogen-bond acceptors (Lipinski definition) is 3. The van der Waals surface area contributed by atoms with Gasteiger partial charge in [-0.25, -0.2) is 4.98 Å². The molecule has 1 aromatic rings. The summed E-state index contributed by atoms with van der Waals surface area (Å²) >= 11 is 0. The van der Waals surface area contributed by atoms with Crippen LogP contribution in [0.3, 0.4) is 0 Å². The zero-order chi connectivity index (χ0) is 13.8. The van der Waals surface area contributed by atoms with Gasteiger partial charge in [0.05, 0.1) is 12.5 Å². The number of carbonyl (C=O) groups excluding carboxylic acids is 1. The van der Waals surface area contributed by atoms with Gasteiger partial charge in [-0.2, -0.15) is 0 Å². The predicted octanol–water partition coefficient (Wildman–Crippen LogP) is 1.27. The lowest BCUT2D eigenvalue weighted by Gasteiger charge is -2.37. The van der Waals surface area contributed by atoms with Crippen molar-refractivity contribution in [3.05, 3.63) is 18.2 Å². The molecule has 2 rings (SSSR count). The number of aryl methyl sites for hydroxylation is 1. The molecule has 1 saturated heterocycles. The van der Waals surface area contributed by atoms with Crippen LogP contribution in [0.25, 0.3) is 0 Å². The van der Waals surface area contributed by atoms with E-state index in [4.69, 9.17) is 0 Å². The van der Waals surface area contributed by atoms with Crippen molar-refractivity contribution in [2.45, 2.75) is 32.7 Å². The lowest BCUT2D eigenvalue weighted by atomic mass is 9.93. The predicted molar refractivity (Wildman–Crippen MR) is 75.0 cm³/mol. The van der Waals surface area contributed by atoms with Crippen molar-refractivity contribution in [3.8, 4) is 0 Å². The van der Waals surface area contributed by atoms with Crippen LogP contribution in [-0.2, 0) is 7.05 Å². The Labute approximate surface area is 115 Å². The van der Waals surface area contributed by atoms with Crippen molar-refractivity contribution in [3.63, 3.8) is 0 Å². The molecule has 1 amide bonds. The second-order valence-electron chi connectivity index (χ2n) is 5.47. The van der Waals surface area contributed by atoms with Gasteiger partial charge in [0.15, 0.2) is 0 Å². The zero-order valence-electron chi connectivity index (χ0n) is 12.1. The summed E-state index contributed by atoms with van der Waals surface area (Å²) < 4.78 is 1.79. The summed E-state index contributed by atoms with van der Waals surface area (Å²) in [6, 6.07) is 0.538. The maximum atomic E-state index is 12.4. The molecule has 106 valence electrons. The number of imidazole rings is 1. The Morgan fingerprint density at radius 3 is 2.95 bits per heavy atom. The average molecular weight is 264 g/mol. The number of piperidine rings is 1. The molecule has 0 aliphatic carbocycles. The first-order chi connectivity index (χ1) is 9.13. The van der Waals surface area contributed by atoms with Crippen LogP contribution in [0, 0.1) is 5.92 Å². The van der Waals surface area contributed by atoms with Crippen molar-refractivity contribution >= 4 is 5.91 Å². The molecule has 1 aliphatic heterocycles. The SMILES string of the molecule is CCCNC1CCN(C(=O)c2cncn2C)CC1C. The molecule has 5 heteroatoms. The molecule has 19 heavy (non-hydrogen) atoms. The third-order valence-corrected chi connectivity index (χ3v) is 3.88. The lowest BCUT2D eigenvalue weighted by molar-refractivity contribution is 0.0635. The van der Waals surface area contributed by atoms with E-state index < -0.39 is 0 Å². The summed E-state index contributed by atoms with van der Waals surface area (Å²) in [5, 5.41) is 3.57. The van der Waals surface area contributed by atoms with E-state index in [1.54, 1.807) is 17.1 Å². The van der Waals surface area contributed by atoms with Crippen LogP contribution < -0.4 is 5.32 Å². The molecule has 2 heterocycles. The monoisotopic (exact) mass is 264 g/mol. The van der Waals surface area contributed by atoms with E-state index in [0.717, 1.165) is 32.5 Å². The molecule has 0 radical (unpaired) electrons. The summed E-state index contributed by atoms with van der Waals surface area (Å²) in [6.07, 6.45) is 5.51. The van der Waals surface area contributed by atoms with Crippen molar-refractivity contribution in [1.82, 2.24) is 19.8 Å². The minimum Gasteiger partial charge on any atom is -0.337 e. The molecule has 1 aliphatic rings. The van der Waals surface area contributed by atoms with E-state index in [9.17, 15) is 4.79 Å². The number of hydrogen-bond donors (Lipinski definition) is 1. The number of likely N-dealkylation sites (tertiary alicyclic amines) is 1. The molecule has 0 aromatic carbocycles. The molecule has 2 atom stereocenters. The van der Waals surface area contributed by atoms with Gasteiger partial charge in [-0.05, 0) is 25.3 Å². The quantitative estimate of drug-likeness (QED) is 0.891. The molecular formula is C14H24N4O. The van der Waals surface area contributed by atoms with E-state index in [0.29, 0.717) is 17.7 Å². The van der Waals surface area contributed by atoms with Crippen molar-refractivity contribution < 1.29 is 4.79 Å². The summed E-state index contributed by atoms with van der Waals surface area (Å²) in [4.78, 5) is 18.4. The highest BCUT2D eigenvalue weighted by Gasteiger charge is 2.29. The van der Waals surface area contributed by atoms with E-state index in [-0.39, 0.29) is 5.91 Å². The van der Waals surface area contributed by atoms with Gasteiger partial charge in [0.25, 0.3) is 5.91 Å². The van der Waals surface area contributed by atoms with Crippen LogP contribution >= 0.6 is 0 Å². The fourth-order valence-electron chi connectivity index (χ4n) is 2.69. The van der Waals surface area contributed by atoms with Crippen LogP contribution in [0.5, 0.6) is 0 Å². The minimum absolute atomic E-state index is 0.0980. The first-order valence-electron chi connectivity index (χ1n) is 7.12. The van der Waals surface area contributed by atoms with Gasteiger partial charge in [-0.1, -0.05) is 13.8 Å². The van der Waals surface area contributed by atoms with Crippen LogP contribution in [0.1, 0.15) is 37.2 Å². The highest BCUT2D eigenvalue weighted by molar-refractivity contribution is 5.92. The number of nitrogens with zero attached hydrogens (tertiary/aromatic N) is 3. The number of amides is 1. The molecule has 0 bridgehead atoms. The molecule has 1 aromatic heterocycles. The number of carbonyl (C=O) groups is 1. The smallest absolute Gasteiger partial charge is 0.272 e. The largest absolute Gasteiger partial charge is 0.337 e. The highest BCUT2D eigenvalue weighted by atomic mass is 16.2. The zero-order valence-corrected chi connectivity index (χ0v) is 12.1. The number of nitrogens with one attached hydrogen (secondary N) is 1. The molecule has 0 saturated carbocycles. The molecule has 2 unspecified atom stereocenters. The summed E-state index contributed by atoms with van der Waals surface area (Å²) in [7, 11) is 1.86. The van der Waals surface area contributed by atoms with Crippen LogP contribution in [0.15, 0.2) is 12.5 Å². The van der Waals surface area contributed by atoms with Gasteiger partial charge < -0.3 is 14.8 Å². The van der Waals surface area contributed by atoms with E-state index in [2.05, 4.69) is 24.1 Å². The van der Waals surface area contributed by atoms with Crippen LogP contribution in [0.2, 0.25) is 0 Å². The topological polar surface area (TPSA) is 50.2 Å². The van der Waals surface area contributed by atoms with Gasteiger partial charge in [-0.15, -0.1) is 0 Å². The van der Waals surface area contributed by atoms with Crippen molar-refractivity contribution in [2.75, 3.05) is 19.6 Å². The number of rotatable bonds is 4.